The van der Waals surface area contributed by atoms with Crippen LogP contribution in [0.2, 0.25) is 0 Å². The number of pyridine rings is 2. The van der Waals surface area contributed by atoms with E-state index in [1.54, 1.807) is 0 Å². The first-order valence-electron chi connectivity index (χ1n) is 9.85. The molecule has 0 atom stereocenters. The average molecular weight is 373 g/mol. The van der Waals surface area contributed by atoms with Crippen molar-refractivity contribution in [1.82, 2.24) is 14.4 Å². The Balaban J connectivity index is 1.83. The first kappa shape index (κ1) is 16.3. The summed E-state index contributed by atoms with van der Waals surface area (Å²) in [7, 11) is 0. The molecule has 3 nitrogen and oxygen atoms in total. The second-order valence-electron chi connectivity index (χ2n) is 7.70. The molecule has 0 bridgehead atoms. The van der Waals surface area contributed by atoms with Gasteiger partial charge >= 0.3 is 0 Å². The summed E-state index contributed by atoms with van der Waals surface area (Å²) >= 11 is 0. The molecule has 29 heavy (non-hydrogen) atoms. The highest BCUT2D eigenvalue weighted by Gasteiger charge is 2.15. The molecule has 0 aliphatic carbocycles. The topological polar surface area (TPSA) is 30.2 Å². The van der Waals surface area contributed by atoms with Crippen molar-refractivity contribution in [3.8, 4) is 11.3 Å². The lowest BCUT2D eigenvalue weighted by Crippen LogP contribution is -1.91. The lowest BCUT2D eigenvalue weighted by molar-refractivity contribution is 1.27. The summed E-state index contributed by atoms with van der Waals surface area (Å²) in [6, 6.07) is 23.5. The predicted octanol–water partition coefficient (Wildman–Crippen LogP) is 6.47. The van der Waals surface area contributed by atoms with E-state index in [-0.39, 0.29) is 0 Å². The lowest BCUT2D eigenvalue weighted by atomic mass is 10.0. The Morgan fingerprint density at radius 1 is 0.759 bits per heavy atom. The number of fused-ring (bicyclic) bond motifs is 7. The normalized spacial score (nSPS) is 11.8. The SMILES string of the molecule is Cc1cccc(C)c1-c1cn2c3cc4ncccc4cc3c3ccccc3c2n1. The number of aromatic nitrogens is 3. The van der Waals surface area contributed by atoms with Crippen LogP contribution in [0.3, 0.4) is 0 Å². The molecule has 138 valence electrons. The number of aryl methyl sites for hydroxylation is 2. The Kier molecular flexibility index (Phi) is 3.30. The molecule has 3 aromatic heterocycles. The Morgan fingerprint density at radius 3 is 2.38 bits per heavy atom. The van der Waals surface area contributed by atoms with Gasteiger partial charge < -0.3 is 0 Å². The molecule has 3 heterocycles. The maximum atomic E-state index is 5.11. The van der Waals surface area contributed by atoms with Crippen molar-refractivity contribution in [3.05, 3.63) is 90.3 Å². The molecular weight excluding hydrogens is 354 g/mol. The minimum atomic E-state index is 0.987. The van der Waals surface area contributed by atoms with Crippen LogP contribution in [-0.4, -0.2) is 14.4 Å². The number of hydrogen-bond acceptors (Lipinski definition) is 2. The molecule has 6 rings (SSSR count). The van der Waals surface area contributed by atoms with E-state index >= 15 is 0 Å². The zero-order chi connectivity index (χ0) is 19.5. The average Bonchev–Trinajstić information content (AvgIpc) is 3.18. The van der Waals surface area contributed by atoms with Crippen molar-refractivity contribution in [2.24, 2.45) is 0 Å². The molecule has 0 aliphatic rings. The van der Waals surface area contributed by atoms with Crippen LogP contribution in [0.4, 0.5) is 0 Å². The first-order chi connectivity index (χ1) is 14.2. The predicted molar refractivity (Wildman–Crippen MR) is 120 cm³/mol. The van der Waals surface area contributed by atoms with Crippen LogP contribution in [0.15, 0.2) is 79.1 Å². The van der Waals surface area contributed by atoms with Crippen molar-refractivity contribution in [2.45, 2.75) is 13.8 Å². The molecule has 0 aliphatic heterocycles. The molecule has 0 amide bonds. The van der Waals surface area contributed by atoms with E-state index < -0.39 is 0 Å². The molecular formula is C26H19N3. The second kappa shape index (κ2) is 5.89. The van der Waals surface area contributed by atoms with Gasteiger partial charge in [-0.25, -0.2) is 4.98 Å². The van der Waals surface area contributed by atoms with Gasteiger partial charge in [0.25, 0.3) is 0 Å². The molecule has 3 heteroatoms. The van der Waals surface area contributed by atoms with Crippen LogP contribution in [-0.2, 0) is 0 Å². The van der Waals surface area contributed by atoms with Gasteiger partial charge in [0.15, 0.2) is 0 Å². The molecule has 3 aromatic carbocycles. The summed E-state index contributed by atoms with van der Waals surface area (Å²) in [5.41, 5.74) is 7.84. The van der Waals surface area contributed by atoms with Gasteiger partial charge in [-0.05, 0) is 48.6 Å². The quantitative estimate of drug-likeness (QED) is 0.244. The number of benzene rings is 3. The van der Waals surface area contributed by atoms with Gasteiger partial charge in [-0.2, -0.15) is 0 Å². The van der Waals surface area contributed by atoms with Gasteiger partial charge in [-0.3, -0.25) is 9.38 Å². The van der Waals surface area contributed by atoms with Crippen LogP contribution in [0.25, 0.3) is 49.5 Å². The Morgan fingerprint density at radius 2 is 1.55 bits per heavy atom. The molecule has 0 unspecified atom stereocenters. The monoisotopic (exact) mass is 373 g/mol. The van der Waals surface area contributed by atoms with Crippen molar-refractivity contribution in [1.29, 1.82) is 0 Å². The fourth-order valence-electron chi connectivity index (χ4n) is 4.53. The number of hydrogen-bond donors (Lipinski definition) is 0. The minimum absolute atomic E-state index is 0.987. The van der Waals surface area contributed by atoms with Gasteiger partial charge in [0.2, 0.25) is 0 Å². The summed E-state index contributed by atoms with van der Waals surface area (Å²) in [5, 5.41) is 4.76. The molecule has 6 aromatic rings. The molecule has 0 fully saturated rings. The Bertz CT molecular complexity index is 1550. The third kappa shape index (κ3) is 2.31. The van der Waals surface area contributed by atoms with E-state index in [1.807, 2.05) is 12.3 Å². The Hall–Kier alpha value is -3.72. The molecule has 0 saturated carbocycles. The first-order valence-corrected chi connectivity index (χ1v) is 9.85. The van der Waals surface area contributed by atoms with Crippen LogP contribution in [0.5, 0.6) is 0 Å². The summed E-state index contributed by atoms with van der Waals surface area (Å²) in [4.78, 5) is 9.68. The van der Waals surface area contributed by atoms with Crippen molar-refractivity contribution in [2.75, 3.05) is 0 Å². The van der Waals surface area contributed by atoms with Gasteiger partial charge in [0.1, 0.15) is 5.65 Å². The summed E-state index contributed by atoms with van der Waals surface area (Å²) < 4.78 is 2.23. The van der Waals surface area contributed by atoms with E-state index in [9.17, 15) is 0 Å². The molecule has 0 spiro atoms. The Labute approximate surface area is 168 Å². The van der Waals surface area contributed by atoms with Crippen molar-refractivity contribution >= 4 is 38.2 Å². The lowest BCUT2D eigenvalue weighted by Gasteiger charge is -2.09. The zero-order valence-corrected chi connectivity index (χ0v) is 16.3. The molecule has 0 N–H and O–H groups in total. The maximum Gasteiger partial charge on any atom is 0.145 e. The highest BCUT2D eigenvalue weighted by molar-refractivity contribution is 6.14. The number of imidazole rings is 1. The maximum absolute atomic E-state index is 5.11. The highest BCUT2D eigenvalue weighted by Crippen LogP contribution is 2.34. The third-order valence-corrected chi connectivity index (χ3v) is 5.88. The van der Waals surface area contributed by atoms with Crippen LogP contribution in [0.1, 0.15) is 11.1 Å². The van der Waals surface area contributed by atoms with E-state index in [0.29, 0.717) is 0 Å². The van der Waals surface area contributed by atoms with E-state index in [4.69, 9.17) is 4.98 Å². The van der Waals surface area contributed by atoms with Gasteiger partial charge in [0.05, 0.1) is 16.7 Å². The van der Waals surface area contributed by atoms with Crippen LogP contribution in [0, 0.1) is 13.8 Å². The summed E-state index contributed by atoms with van der Waals surface area (Å²) in [5.74, 6) is 0. The summed E-state index contributed by atoms with van der Waals surface area (Å²) in [6.45, 7) is 4.31. The van der Waals surface area contributed by atoms with Crippen LogP contribution < -0.4 is 0 Å². The largest absolute Gasteiger partial charge is 0.298 e. The van der Waals surface area contributed by atoms with Gasteiger partial charge in [0, 0.05) is 34.1 Å². The van der Waals surface area contributed by atoms with Gasteiger partial charge in [-0.15, -0.1) is 0 Å². The van der Waals surface area contributed by atoms with E-state index in [1.165, 1.54) is 32.8 Å². The van der Waals surface area contributed by atoms with E-state index in [2.05, 4.69) is 90.1 Å². The fraction of sp³-hybridized carbons (Fsp3) is 0.0769. The second-order valence-corrected chi connectivity index (χ2v) is 7.70. The van der Waals surface area contributed by atoms with Gasteiger partial charge in [-0.1, -0.05) is 48.5 Å². The minimum Gasteiger partial charge on any atom is -0.298 e. The standard InChI is InChI=1S/C26H19N3/c1-16-7-5-8-17(2)25(16)23-15-29-24-14-22-18(9-6-12-27-22)13-21(24)19-10-3-4-11-20(19)26(29)28-23/h3-15H,1-2H3. The number of rotatable bonds is 1. The summed E-state index contributed by atoms with van der Waals surface area (Å²) in [6.07, 6.45) is 4.02. The smallest absolute Gasteiger partial charge is 0.145 e. The third-order valence-electron chi connectivity index (χ3n) is 5.88. The van der Waals surface area contributed by atoms with Crippen molar-refractivity contribution in [3.63, 3.8) is 0 Å². The van der Waals surface area contributed by atoms with Crippen molar-refractivity contribution < 1.29 is 0 Å². The molecule has 0 saturated heterocycles. The van der Waals surface area contributed by atoms with E-state index in [0.717, 1.165) is 27.8 Å². The molecule has 0 radical (unpaired) electrons. The number of nitrogens with zero attached hydrogens (tertiary/aromatic N) is 3. The van der Waals surface area contributed by atoms with Crippen LogP contribution >= 0.6 is 0 Å². The zero-order valence-electron chi connectivity index (χ0n) is 16.3. The fourth-order valence-corrected chi connectivity index (χ4v) is 4.53. The highest BCUT2D eigenvalue weighted by atomic mass is 15.0.